The summed E-state index contributed by atoms with van der Waals surface area (Å²) in [5.41, 5.74) is 1.09. The SMILES string of the molecule is O=C(NCC(c1cccc(Cl)c1)N1CCOCC1)C1CC(O)CN1. The molecule has 0 saturated carbocycles. The first-order valence-corrected chi connectivity index (χ1v) is 8.77. The highest BCUT2D eigenvalue weighted by molar-refractivity contribution is 6.30. The quantitative estimate of drug-likeness (QED) is 0.721. The Morgan fingerprint density at radius 1 is 1.46 bits per heavy atom. The Balaban J connectivity index is 1.66. The van der Waals surface area contributed by atoms with Gasteiger partial charge < -0.3 is 20.5 Å². The number of ether oxygens (including phenoxy) is 1. The molecule has 3 unspecified atom stereocenters. The number of benzene rings is 1. The highest BCUT2D eigenvalue weighted by atomic mass is 35.5. The standard InChI is InChI=1S/C17H24ClN3O3/c18-13-3-1-2-12(8-13)16(21-4-6-24-7-5-21)11-20-17(23)15-9-14(22)10-19-15/h1-3,8,14-16,19,22H,4-7,9-11H2,(H,20,23). The lowest BCUT2D eigenvalue weighted by atomic mass is 10.0. The summed E-state index contributed by atoms with van der Waals surface area (Å²) in [4.78, 5) is 14.6. The van der Waals surface area contributed by atoms with E-state index < -0.39 is 6.10 Å². The van der Waals surface area contributed by atoms with Crippen LogP contribution in [0, 0.1) is 0 Å². The van der Waals surface area contributed by atoms with Crippen molar-refractivity contribution in [3.8, 4) is 0 Å². The van der Waals surface area contributed by atoms with E-state index in [1.807, 2.05) is 24.3 Å². The van der Waals surface area contributed by atoms with Gasteiger partial charge in [-0.3, -0.25) is 9.69 Å². The zero-order valence-corrected chi connectivity index (χ0v) is 14.3. The highest BCUT2D eigenvalue weighted by Crippen LogP contribution is 2.24. The fourth-order valence-corrected chi connectivity index (χ4v) is 3.50. The Morgan fingerprint density at radius 3 is 2.92 bits per heavy atom. The molecule has 2 aliphatic heterocycles. The second-order valence-corrected chi connectivity index (χ2v) is 6.75. The average molecular weight is 354 g/mol. The summed E-state index contributed by atoms with van der Waals surface area (Å²) in [5.74, 6) is -0.0631. The maximum Gasteiger partial charge on any atom is 0.237 e. The molecule has 2 aliphatic rings. The number of nitrogens with one attached hydrogen (secondary N) is 2. The Hall–Kier alpha value is -1.18. The summed E-state index contributed by atoms with van der Waals surface area (Å²) in [5, 5.41) is 16.3. The van der Waals surface area contributed by atoms with Crippen LogP contribution < -0.4 is 10.6 Å². The maximum atomic E-state index is 12.3. The van der Waals surface area contributed by atoms with Gasteiger partial charge in [0.25, 0.3) is 0 Å². The van der Waals surface area contributed by atoms with Gasteiger partial charge in [0.15, 0.2) is 0 Å². The molecule has 0 spiro atoms. The van der Waals surface area contributed by atoms with Gasteiger partial charge in [-0.15, -0.1) is 0 Å². The first-order valence-electron chi connectivity index (χ1n) is 8.40. The second kappa shape index (κ2) is 8.27. The topological polar surface area (TPSA) is 73.8 Å². The molecule has 0 aliphatic carbocycles. The van der Waals surface area contributed by atoms with E-state index in [2.05, 4.69) is 15.5 Å². The summed E-state index contributed by atoms with van der Waals surface area (Å²) in [6.07, 6.45) is 0.0225. The van der Waals surface area contributed by atoms with Gasteiger partial charge in [-0.05, 0) is 24.1 Å². The van der Waals surface area contributed by atoms with E-state index in [0.29, 0.717) is 37.7 Å². The molecular weight excluding hydrogens is 330 g/mol. The fraction of sp³-hybridized carbons (Fsp3) is 0.588. The molecule has 1 amide bonds. The van der Waals surface area contributed by atoms with Gasteiger partial charge >= 0.3 is 0 Å². The maximum absolute atomic E-state index is 12.3. The van der Waals surface area contributed by atoms with Gasteiger partial charge in [0, 0.05) is 31.2 Å². The molecule has 0 radical (unpaired) electrons. The Labute approximate surface area is 147 Å². The second-order valence-electron chi connectivity index (χ2n) is 6.31. The van der Waals surface area contributed by atoms with E-state index in [4.69, 9.17) is 16.3 Å². The first-order chi connectivity index (χ1) is 11.6. The molecule has 2 fully saturated rings. The van der Waals surface area contributed by atoms with Crippen LogP contribution in [-0.4, -0.2) is 67.5 Å². The molecule has 3 N–H and O–H groups in total. The molecule has 24 heavy (non-hydrogen) atoms. The minimum atomic E-state index is -0.441. The number of morpholine rings is 1. The Kier molecular flexibility index (Phi) is 6.08. The van der Waals surface area contributed by atoms with Crippen molar-refractivity contribution in [3.63, 3.8) is 0 Å². The molecule has 2 heterocycles. The zero-order chi connectivity index (χ0) is 16.9. The molecule has 132 valence electrons. The number of nitrogens with zero attached hydrogens (tertiary/aromatic N) is 1. The molecule has 3 rings (SSSR count). The molecular formula is C17H24ClN3O3. The van der Waals surface area contributed by atoms with E-state index in [0.717, 1.165) is 18.7 Å². The molecule has 3 atom stereocenters. The van der Waals surface area contributed by atoms with E-state index in [9.17, 15) is 9.90 Å². The number of aliphatic hydroxyl groups is 1. The number of rotatable bonds is 5. The third-order valence-corrected chi connectivity index (χ3v) is 4.85. The van der Waals surface area contributed by atoms with Gasteiger partial charge in [-0.1, -0.05) is 23.7 Å². The van der Waals surface area contributed by atoms with Crippen LogP contribution in [0.4, 0.5) is 0 Å². The molecule has 6 nitrogen and oxygen atoms in total. The molecule has 0 aromatic heterocycles. The predicted molar refractivity (Wildman–Crippen MR) is 92.0 cm³/mol. The van der Waals surface area contributed by atoms with Crippen molar-refractivity contribution < 1.29 is 14.6 Å². The smallest absolute Gasteiger partial charge is 0.237 e. The van der Waals surface area contributed by atoms with Crippen molar-refractivity contribution in [2.75, 3.05) is 39.4 Å². The summed E-state index contributed by atoms with van der Waals surface area (Å²) >= 11 is 6.14. The van der Waals surface area contributed by atoms with Crippen molar-refractivity contribution in [2.45, 2.75) is 24.6 Å². The van der Waals surface area contributed by atoms with Crippen LogP contribution in [0.2, 0.25) is 5.02 Å². The minimum absolute atomic E-state index is 0.0582. The van der Waals surface area contributed by atoms with Gasteiger partial charge in [0.2, 0.25) is 5.91 Å². The third-order valence-electron chi connectivity index (χ3n) is 4.61. The number of amides is 1. The highest BCUT2D eigenvalue weighted by Gasteiger charge is 2.29. The largest absolute Gasteiger partial charge is 0.392 e. The molecule has 1 aromatic rings. The van der Waals surface area contributed by atoms with Crippen LogP contribution in [0.5, 0.6) is 0 Å². The minimum Gasteiger partial charge on any atom is -0.392 e. The summed E-state index contributed by atoms with van der Waals surface area (Å²) < 4.78 is 5.44. The van der Waals surface area contributed by atoms with Crippen molar-refractivity contribution in [1.29, 1.82) is 0 Å². The van der Waals surface area contributed by atoms with E-state index >= 15 is 0 Å². The number of carbonyl (C=O) groups is 1. The zero-order valence-electron chi connectivity index (χ0n) is 13.6. The van der Waals surface area contributed by atoms with Crippen LogP contribution >= 0.6 is 11.6 Å². The van der Waals surface area contributed by atoms with Gasteiger partial charge in [0.1, 0.15) is 0 Å². The van der Waals surface area contributed by atoms with Crippen molar-refractivity contribution >= 4 is 17.5 Å². The summed E-state index contributed by atoms with van der Waals surface area (Å²) in [7, 11) is 0. The van der Waals surface area contributed by atoms with Crippen LogP contribution in [0.3, 0.4) is 0 Å². The van der Waals surface area contributed by atoms with Crippen molar-refractivity contribution in [3.05, 3.63) is 34.9 Å². The van der Waals surface area contributed by atoms with Gasteiger partial charge in [-0.2, -0.15) is 0 Å². The molecule has 2 saturated heterocycles. The van der Waals surface area contributed by atoms with Gasteiger partial charge in [-0.25, -0.2) is 0 Å². The van der Waals surface area contributed by atoms with E-state index in [1.165, 1.54) is 0 Å². The van der Waals surface area contributed by atoms with Gasteiger partial charge in [0.05, 0.1) is 31.4 Å². The molecule has 1 aromatic carbocycles. The lowest BCUT2D eigenvalue weighted by Crippen LogP contribution is -2.47. The first kappa shape index (κ1) is 17.6. The predicted octanol–water partition coefficient (Wildman–Crippen LogP) is 0.552. The number of hydrogen-bond donors (Lipinski definition) is 3. The fourth-order valence-electron chi connectivity index (χ4n) is 3.30. The van der Waals surface area contributed by atoms with Crippen LogP contribution in [0.15, 0.2) is 24.3 Å². The van der Waals surface area contributed by atoms with E-state index in [-0.39, 0.29) is 18.0 Å². The van der Waals surface area contributed by atoms with Crippen LogP contribution in [0.1, 0.15) is 18.0 Å². The lowest BCUT2D eigenvalue weighted by Gasteiger charge is -2.35. The average Bonchev–Trinajstić information content (AvgIpc) is 3.02. The van der Waals surface area contributed by atoms with Crippen molar-refractivity contribution in [2.24, 2.45) is 0 Å². The lowest BCUT2D eigenvalue weighted by molar-refractivity contribution is -0.123. The number of aliphatic hydroxyl groups excluding tert-OH is 1. The Morgan fingerprint density at radius 2 is 2.25 bits per heavy atom. The van der Waals surface area contributed by atoms with Crippen LogP contribution in [0.25, 0.3) is 0 Å². The summed E-state index contributed by atoms with van der Waals surface area (Å²) in [6, 6.07) is 7.51. The number of β-amino-alcohol motifs (C(OH)–C–C–N with tert-alkyl or cyclic N) is 1. The van der Waals surface area contributed by atoms with Crippen molar-refractivity contribution in [1.82, 2.24) is 15.5 Å². The number of hydrogen-bond acceptors (Lipinski definition) is 5. The molecule has 0 bridgehead atoms. The van der Waals surface area contributed by atoms with Crippen LogP contribution in [-0.2, 0) is 9.53 Å². The summed E-state index contributed by atoms with van der Waals surface area (Å²) in [6.45, 7) is 4.02. The van der Waals surface area contributed by atoms with E-state index in [1.54, 1.807) is 0 Å². The molecule has 7 heteroatoms. The number of halogens is 1. The Bertz CT molecular complexity index is 566. The third kappa shape index (κ3) is 4.46. The normalized spacial score (nSPS) is 26.2. The monoisotopic (exact) mass is 353 g/mol. The number of carbonyl (C=O) groups excluding carboxylic acids is 1.